The van der Waals surface area contributed by atoms with Crippen LogP contribution in [0.2, 0.25) is 0 Å². The van der Waals surface area contributed by atoms with E-state index < -0.39 is 17.9 Å². The summed E-state index contributed by atoms with van der Waals surface area (Å²) in [6, 6.07) is 26.0. The first-order valence-electron chi connectivity index (χ1n) is 13.3. The van der Waals surface area contributed by atoms with Gasteiger partial charge in [0.15, 0.2) is 0 Å². The van der Waals surface area contributed by atoms with E-state index in [0.29, 0.717) is 34.0 Å². The molecule has 0 saturated heterocycles. The zero-order valence-corrected chi connectivity index (χ0v) is 25.0. The topological polar surface area (TPSA) is 64.6 Å². The van der Waals surface area contributed by atoms with E-state index in [9.17, 15) is 9.59 Å². The summed E-state index contributed by atoms with van der Waals surface area (Å²) in [6.45, 7) is 8.29. The number of nitrogens with one attached hydrogen (secondary N) is 1. The SMILES string of the molecule is CC1=C(C(=O)OCCSc2ccccc2)C(c2cccc(C)c2C)C(C(=O)OCCSc2ccccc2)=C(C)N1. The molecule has 1 aliphatic rings. The molecule has 0 aromatic heterocycles. The van der Waals surface area contributed by atoms with Crippen molar-refractivity contribution in [2.45, 2.75) is 43.4 Å². The second-order valence-electron chi connectivity index (χ2n) is 9.52. The first-order chi connectivity index (χ1) is 19.4. The van der Waals surface area contributed by atoms with Gasteiger partial charge in [-0.2, -0.15) is 0 Å². The first kappa shape index (κ1) is 29.6. The quantitative estimate of drug-likeness (QED) is 0.148. The number of aryl methyl sites for hydroxylation is 1. The summed E-state index contributed by atoms with van der Waals surface area (Å²) in [7, 11) is 0. The normalized spacial score (nSPS) is 13.7. The second kappa shape index (κ2) is 14.3. The second-order valence-corrected chi connectivity index (χ2v) is 11.9. The summed E-state index contributed by atoms with van der Waals surface area (Å²) in [5.74, 6) is -0.187. The molecule has 0 radical (unpaired) electrons. The number of benzene rings is 3. The third kappa shape index (κ3) is 7.40. The zero-order chi connectivity index (χ0) is 28.5. The Balaban J connectivity index is 1.52. The molecule has 0 saturated carbocycles. The highest BCUT2D eigenvalue weighted by Crippen LogP contribution is 2.41. The molecule has 3 aromatic rings. The van der Waals surface area contributed by atoms with Crippen LogP contribution in [0, 0.1) is 13.8 Å². The van der Waals surface area contributed by atoms with E-state index >= 15 is 0 Å². The van der Waals surface area contributed by atoms with Crippen molar-refractivity contribution in [2.24, 2.45) is 0 Å². The van der Waals surface area contributed by atoms with Crippen molar-refractivity contribution < 1.29 is 19.1 Å². The third-order valence-electron chi connectivity index (χ3n) is 6.81. The molecular formula is C33H35NO4S2. The number of esters is 2. The molecule has 0 amide bonds. The van der Waals surface area contributed by atoms with Gasteiger partial charge in [-0.15, -0.1) is 23.5 Å². The third-order valence-corrected chi connectivity index (χ3v) is 8.77. The Morgan fingerprint density at radius 1 is 0.675 bits per heavy atom. The van der Waals surface area contributed by atoms with E-state index in [0.717, 1.165) is 26.5 Å². The number of rotatable bonds is 11. The van der Waals surface area contributed by atoms with Crippen molar-refractivity contribution in [3.63, 3.8) is 0 Å². The fraction of sp³-hybridized carbons (Fsp3) is 0.273. The van der Waals surface area contributed by atoms with Gasteiger partial charge in [0.25, 0.3) is 0 Å². The Morgan fingerprint density at radius 2 is 1.15 bits per heavy atom. The maximum absolute atomic E-state index is 13.6. The Hall–Kier alpha value is -3.42. The van der Waals surface area contributed by atoms with Crippen molar-refractivity contribution in [3.05, 3.63) is 118 Å². The maximum atomic E-state index is 13.6. The number of dihydropyridines is 1. The van der Waals surface area contributed by atoms with Crippen LogP contribution in [0.3, 0.4) is 0 Å². The predicted octanol–water partition coefficient (Wildman–Crippen LogP) is 7.21. The molecule has 1 aliphatic heterocycles. The number of allylic oxidation sites excluding steroid dienone is 2. The van der Waals surface area contributed by atoms with Gasteiger partial charge >= 0.3 is 11.9 Å². The van der Waals surface area contributed by atoms with Gasteiger partial charge < -0.3 is 14.8 Å². The standard InChI is InChI=1S/C33H35NO4S2/c1-22-12-11-17-28(23(22)2)31-29(32(35)37-18-20-39-26-13-7-5-8-14-26)24(3)34-25(4)30(31)33(36)38-19-21-40-27-15-9-6-10-16-27/h5-17,31,34H,18-21H2,1-4H3. The lowest BCUT2D eigenvalue weighted by atomic mass is 9.78. The maximum Gasteiger partial charge on any atom is 0.336 e. The Kier molecular flexibility index (Phi) is 10.6. The average molecular weight is 574 g/mol. The minimum atomic E-state index is -0.593. The molecular weight excluding hydrogens is 539 g/mol. The van der Waals surface area contributed by atoms with Crippen molar-refractivity contribution in [1.82, 2.24) is 5.32 Å². The van der Waals surface area contributed by atoms with Crippen LogP contribution in [0.1, 0.15) is 36.5 Å². The fourth-order valence-corrected chi connectivity index (χ4v) is 6.21. The Morgan fingerprint density at radius 3 is 1.62 bits per heavy atom. The van der Waals surface area contributed by atoms with Gasteiger partial charge in [0.05, 0.1) is 17.1 Å². The molecule has 7 heteroatoms. The van der Waals surface area contributed by atoms with Gasteiger partial charge in [-0.3, -0.25) is 0 Å². The summed E-state index contributed by atoms with van der Waals surface area (Å²) in [5.41, 5.74) is 5.26. The van der Waals surface area contributed by atoms with Crippen LogP contribution in [0.15, 0.2) is 111 Å². The van der Waals surface area contributed by atoms with E-state index in [-0.39, 0.29) is 13.2 Å². The summed E-state index contributed by atoms with van der Waals surface area (Å²) >= 11 is 3.26. The number of carbonyl (C=O) groups excluding carboxylic acids is 2. The zero-order valence-electron chi connectivity index (χ0n) is 23.4. The van der Waals surface area contributed by atoms with Crippen LogP contribution in [-0.2, 0) is 19.1 Å². The van der Waals surface area contributed by atoms with Crippen LogP contribution in [-0.4, -0.2) is 36.7 Å². The minimum Gasteiger partial charge on any atom is -0.461 e. The van der Waals surface area contributed by atoms with Crippen LogP contribution in [0.25, 0.3) is 0 Å². The van der Waals surface area contributed by atoms with Crippen LogP contribution < -0.4 is 5.32 Å². The number of ether oxygens (including phenoxy) is 2. The molecule has 0 aliphatic carbocycles. The lowest BCUT2D eigenvalue weighted by Gasteiger charge is -2.31. The van der Waals surface area contributed by atoms with Crippen LogP contribution in [0.4, 0.5) is 0 Å². The van der Waals surface area contributed by atoms with E-state index in [1.165, 1.54) is 0 Å². The molecule has 5 nitrogen and oxygen atoms in total. The molecule has 1 heterocycles. The van der Waals surface area contributed by atoms with Crippen LogP contribution >= 0.6 is 23.5 Å². The molecule has 0 bridgehead atoms. The van der Waals surface area contributed by atoms with E-state index in [4.69, 9.17) is 9.47 Å². The highest BCUT2D eigenvalue weighted by molar-refractivity contribution is 7.99. The number of thioether (sulfide) groups is 2. The Labute approximate surface area is 245 Å². The molecule has 4 rings (SSSR count). The highest BCUT2D eigenvalue weighted by Gasteiger charge is 2.38. The predicted molar refractivity (Wildman–Crippen MR) is 163 cm³/mol. The molecule has 0 fully saturated rings. The molecule has 1 N–H and O–H groups in total. The van der Waals surface area contributed by atoms with Gasteiger partial charge in [-0.25, -0.2) is 9.59 Å². The minimum absolute atomic E-state index is 0.258. The number of hydrogen-bond acceptors (Lipinski definition) is 7. The smallest absolute Gasteiger partial charge is 0.336 e. The van der Waals surface area contributed by atoms with Crippen LogP contribution in [0.5, 0.6) is 0 Å². The van der Waals surface area contributed by atoms with Gasteiger partial charge in [-0.1, -0.05) is 54.6 Å². The lowest BCUT2D eigenvalue weighted by molar-refractivity contribution is -0.139. The number of hydrogen-bond donors (Lipinski definition) is 1. The fourth-order valence-electron chi connectivity index (χ4n) is 4.71. The summed E-state index contributed by atoms with van der Waals surface area (Å²) in [6.07, 6.45) is 0. The molecule has 0 spiro atoms. The molecule has 0 unspecified atom stereocenters. The van der Waals surface area contributed by atoms with E-state index in [1.54, 1.807) is 23.5 Å². The van der Waals surface area contributed by atoms with E-state index in [1.807, 2.05) is 107 Å². The van der Waals surface area contributed by atoms with Gasteiger partial charge in [0, 0.05) is 32.7 Å². The lowest BCUT2D eigenvalue weighted by Crippen LogP contribution is -2.33. The average Bonchev–Trinajstić information content (AvgIpc) is 2.95. The first-order valence-corrected chi connectivity index (χ1v) is 15.3. The molecule has 0 atom stereocenters. The molecule has 40 heavy (non-hydrogen) atoms. The molecule has 3 aromatic carbocycles. The highest BCUT2D eigenvalue weighted by atomic mass is 32.2. The summed E-state index contributed by atoms with van der Waals surface area (Å²) in [5, 5.41) is 3.25. The largest absolute Gasteiger partial charge is 0.461 e. The summed E-state index contributed by atoms with van der Waals surface area (Å²) in [4.78, 5) is 29.4. The number of carbonyl (C=O) groups is 2. The van der Waals surface area contributed by atoms with Gasteiger partial charge in [0.2, 0.25) is 0 Å². The van der Waals surface area contributed by atoms with Crippen molar-refractivity contribution in [2.75, 3.05) is 24.7 Å². The van der Waals surface area contributed by atoms with Crippen molar-refractivity contribution >= 4 is 35.5 Å². The molecule has 208 valence electrons. The van der Waals surface area contributed by atoms with Gasteiger partial charge in [0.1, 0.15) is 13.2 Å². The Bertz CT molecular complexity index is 1320. The van der Waals surface area contributed by atoms with Crippen molar-refractivity contribution in [1.29, 1.82) is 0 Å². The van der Waals surface area contributed by atoms with Gasteiger partial charge in [-0.05, 0) is 68.7 Å². The monoisotopic (exact) mass is 573 g/mol. The van der Waals surface area contributed by atoms with E-state index in [2.05, 4.69) is 5.32 Å². The summed E-state index contributed by atoms with van der Waals surface area (Å²) < 4.78 is 11.5. The van der Waals surface area contributed by atoms with Crippen molar-refractivity contribution in [3.8, 4) is 0 Å².